The standard InChI is InChI=1S/C10H20N2O2S/c1-2-3-4-5-6-15-9-12-10(14)7-11-8-13/h8H,2-7,9H2,1H3,(H,11,13)(H,12,14). The molecule has 0 bridgehead atoms. The molecule has 2 amide bonds. The van der Waals surface area contributed by atoms with Crippen molar-refractivity contribution < 1.29 is 9.59 Å². The van der Waals surface area contributed by atoms with Gasteiger partial charge in [-0.25, -0.2) is 0 Å². The van der Waals surface area contributed by atoms with E-state index in [2.05, 4.69) is 17.6 Å². The van der Waals surface area contributed by atoms with Crippen molar-refractivity contribution in [2.45, 2.75) is 32.6 Å². The van der Waals surface area contributed by atoms with Crippen LogP contribution in [0.1, 0.15) is 32.6 Å². The van der Waals surface area contributed by atoms with Crippen molar-refractivity contribution in [2.75, 3.05) is 18.2 Å². The largest absolute Gasteiger partial charge is 0.350 e. The zero-order valence-electron chi connectivity index (χ0n) is 9.25. The number of carbonyl (C=O) groups is 2. The molecule has 0 aliphatic carbocycles. The Hall–Kier alpha value is -0.710. The third-order valence-corrected chi connectivity index (χ3v) is 2.79. The van der Waals surface area contributed by atoms with Gasteiger partial charge in [-0.3, -0.25) is 9.59 Å². The zero-order valence-corrected chi connectivity index (χ0v) is 10.1. The Morgan fingerprint density at radius 2 is 2.13 bits per heavy atom. The van der Waals surface area contributed by atoms with Gasteiger partial charge in [0.05, 0.1) is 12.4 Å². The first kappa shape index (κ1) is 14.3. The van der Waals surface area contributed by atoms with Gasteiger partial charge in [-0.15, -0.1) is 11.8 Å². The summed E-state index contributed by atoms with van der Waals surface area (Å²) in [6, 6.07) is 0. The summed E-state index contributed by atoms with van der Waals surface area (Å²) in [5, 5.41) is 5.03. The van der Waals surface area contributed by atoms with Crippen molar-refractivity contribution in [3.05, 3.63) is 0 Å². The molecule has 15 heavy (non-hydrogen) atoms. The van der Waals surface area contributed by atoms with Crippen LogP contribution in [0.3, 0.4) is 0 Å². The molecule has 88 valence electrons. The maximum absolute atomic E-state index is 11.0. The van der Waals surface area contributed by atoms with E-state index in [0.717, 1.165) is 5.75 Å². The van der Waals surface area contributed by atoms with Crippen molar-refractivity contribution >= 4 is 24.1 Å². The summed E-state index contributed by atoms with van der Waals surface area (Å²) in [7, 11) is 0. The third kappa shape index (κ3) is 11.2. The Kier molecular flexibility index (Phi) is 10.8. The fraction of sp³-hybridized carbons (Fsp3) is 0.800. The minimum atomic E-state index is -0.136. The molecule has 0 aromatic heterocycles. The molecule has 2 N–H and O–H groups in total. The summed E-state index contributed by atoms with van der Waals surface area (Å²) in [4.78, 5) is 20.9. The number of hydrogen-bond donors (Lipinski definition) is 2. The highest BCUT2D eigenvalue weighted by Gasteiger charge is 1.97. The Balaban J connectivity index is 3.09. The van der Waals surface area contributed by atoms with Gasteiger partial charge in [0.25, 0.3) is 0 Å². The quantitative estimate of drug-likeness (QED) is 0.337. The summed E-state index contributed by atoms with van der Waals surface area (Å²) < 4.78 is 0. The second-order valence-corrected chi connectivity index (χ2v) is 4.32. The molecule has 0 rings (SSSR count). The summed E-state index contributed by atoms with van der Waals surface area (Å²) in [5.41, 5.74) is 0. The minimum absolute atomic E-state index is 0.0693. The van der Waals surface area contributed by atoms with Crippen LogP contribution in [0.4, 0.5) is 0 Å². The molecule has 0 fully saturated rings. The predicted octanol–water partition coefficient (Wildman–Crippen LogP) is 1.12. The maximum atomic E-state index is 11.0. The Bertz CT molecular complexity index is 177. The van der Waals surface area contributed by atoms with Crippen LogP contribution in [0, 0.1) is 0 Å². The van der Waals surface area contributed by atoms with E-state index >= 15 is 0 Å². The van der Waals surface area contributed by atoms with Gasteiger partial charge in [0, 0.05) is 0 Å². The lowest BCUT2D eigenvalue weighted by molar-refractivity contribution is -0.121. The summed E-state index contributed by atoms with van der Waals surface area (Å²) in [5.74, 6) is 1.58. The Labute approximate surface area is 95.6 Å². The molecule has 0 aliphatic heterocycles. The number of unbranched alkanes of at least 4 members (excludes halogenated alkanes) is 3. The number of hydrogen-bond acceptors (Lipinski definition) is 3. The number of amides is 2. The number of carbonyl (C=O) groups excluding carboxylic acids is 2. The lowest BCUT2D eigenvalue weighted by Crippen LogP contribution is -2.32. The van der Waals surface area contributed by atoms with Crippen molar-refractivity contribution in [1.29, 1.82) is 0 Å². The van der Waals surface area contributed by atoms with Gasteiger partial charge in [-0.05, 0) is 12.2 Å². The van der Waals surface area contributed by atoms with Crippen LogP contribution in [0.15, 0.2) is 0 Å². The first-order chi connectivity index (χ1) is 7.31. The van der Waals surface area contributed by atoms with Crippen molar-refractivity contribution in [3.63, 3.8) is 0 Å². The molecule has 0 aliphatic rings. The fourth-order valence-electron chi connectivity index (χ4n) is 1.03. The number of rotatable bonds is 10. The summed E-state index contributed by atoms with van der Waals surface area (Å²) in [6.07, 6.45) is 5.54. The summed E-state index contributed by atoms with van der Waals surface area (Å²) in [6.45, 7) is 2.26. The third-order valence-electron chi connectivity index (χ3n) is 1.86. The lowest BCUT2D eigenvalue weighted by Gasteiger charge is -2.04. The Morgan fingerprint density at radius 3 is 2.80 bits per heavy atom. The zero-order chi connectivity index (χ0) is 11.4. The first-order valence-corrected chi connectivity index (χ1v) is 6.48. The molecule has 0 atom stereocenters. The smallest absolute Gasteiger partial charge is 0.240 e. The highest BCUT2D eigenvalue weighted by atomic mass is 32.2. The molecule has 0 spiro atoms. The van der Waals surface area contributed by atoms with Crippen molar-refractivity contribution in [1.82, 2.24) is 10.6 Å². The summed E-state index contributed by atoms with van der Waals surface area (Å²) >= 11 is 1.72. The molecule has 0 aromatic rings. The fourth-order valence-corrected chi connectivity index (χ4v) is 1.85. The van der Waals surface area contributed by atoms with Crippen LogP contribution >= 0.6 is 11.8 Å². The molecule has 0 heterocycles. The average Bonchev–Trinajstić information content (AvgIpc) is 2.25. The molecular weight excluding hydrogens is 212 g/mol. The molecule has 0 saturated carbocycles. The average molecular weight is 232 g/mol. The minimum Gasteiger partial charge on any atom is -0.350 e. The van der Waals surface area contributed by atoms with E-state index in [-0.39, 0.29) is 12.5 Å². The molecule has 0 saturated heterocycles. The highest BCUT2D eigenvalue weighted by Crippen LogP contribution is 2.05. The monoisotopic (exact) mass is 232 g/mol. The lowest BCUT2D eigenvalue weighted by atomic mass is 10.2. The van der Waals surface area contributed by atoms with Crippen molar-refractivity contribution in [2.24, 2.45) is 0 Å². The van der Waals surface area contributed by atoms with E-state index < -0.39 is 0 Å². The maximum Gasteiger partial charge on any atom is 0.240 e. The SMILES string of the molecule is CCCCCCSCNC(=O)CNC=O. The molecule has 4 nitrogen and oxygen atoms in total. The van der Waals surface area contributed by atoms with Gasteiger partial charge in [-0.1, -0.05) is 26.2 Å². The second-order valence-electron chi connectivity index (χ2n) is 3.21. The molecular formula is C10H20N2O2S. The van der Waals surface area contributed by atoms with E-state index in [1.807, 2.05) is 0 Å². The predicted molar refractivity (Wildman–Crippen MR) is 63.7 cm³/mol. The molecule has 0 radical (unpaired) electrons. The van der Waals surface area contributed by atoms with Gasteiger partial charge < -0.3 is 10.6 Å². The van der Waals surface area contributed by atoms with Crippen LogP contribution in [0.25, 0.3) is 0 Å². The van der Waals surface area contributed by atoms with Gasteiger partial charge in [0.15, 0.2) is 0 Å². The molecule has 0 unspecified atom stereocenters. The number of nitrogens with one attached hydrogen (secondary N) is 2. The van der Waals surface area contributed by atoms with E-state index in [0.29, 0.717) is 12.3 Å². The van der Waals surface area contributed by atoms with Crippen LogP contribution < -0.4 is 10.6 Å². The molecule has 5 heteroatoms. The first-order valence-electron chi connectivity index (χ1n) is 5.32. The van der Waals surface area contributed by atoms with E-state index in [1.165, 1.54) is 25.7 Å². The van der Waals surface area contributed by atoms with Crippen LogP contribution in [0.2, 0.25) is 0 Å². The normalized spacial score (nSPS) is 9.67. The topological polar surface area (TPSA) is 58.2 Å². The van der Waals surface area contributed by atoms with Crippen LogP contribution in [-0.2, 0) is 9.59 Å². The van der Waals surface area contributed by atoms with Gasteiger partial charge >= 0.3 is 0 Å². The van der Waals surface area contributed by atoms with E-state index in [4.69, 9.17) is 0 Å². The highest BCUT2D eigenvalue weighted by molar-refractivity contribution is 7.99. The van der Waals surface area contributed by atoms with Gasteiger partial charge in [-0.2, -0.15) is 0 Å². The van der Waals surface area contributed by atoms with Crippen LogP contribution in [-0.4, -0.2) is 30.5 Å². The van der Waals surface area contributed by atoms with Crippen molar-refractivity contribution in [3.8, 4) is 0 Å². The van der Waals surface area contributed by atoms with E-state index in [1.54, 1.807) is 11.8 Å². The second kappa shape index (κ2) is 11.4. The Morgan fingerprint density at radius 1 is 1.33 bits per heavy atom. The number of thioether (sulfide) groups is 1. The van der Waals surface area contributed by atoms with E-state index in [9.17, 15) is 9.59 Å². The molecule has 0 aromatic carbocycles. The van der Waals surface area contributed by atoms with Gasteiger partial charge in [0.1, 0.15) is 0 Å². The van der Waals surface area contributed by atoms with Crippen LogP contribution in [0.5, 0.6) is 0 Å². The van der Waals surface area contributed by atoms with Gasteiger partial charge in [0.2, 0.25) is 12.3 Å².